The van der Waals surface area contributed by atoms with Gasteiger partial charge in [-0.1, -0.05) is 5.92 Å². The molecule has 5 heteroatoms. The third kappa shape index (κ3) is 5.02. The van der Waals surface area contributed by atoms with Crippen LogP contribution in [0.15, 0.2) is 24.3 Å². The van der Waals surface area contributed by atoms with Crippen LogP contribution in [0.2, 0.25) is 0 Å². The molecule has 0 saturated carbocycles. The minimum Gasteiger partial charge on any atom is -0.444 e. The number of carbonyl (C=O) groups is 2. The minimum absolute atomic E-state index is 0.0588. The Labute approximate surface area is 143 Å². The second-order valence-electron chi connectivity index (χ2n) is 6.94. The fourth-order valence-corrected chi connectivity index (χ4v) is 2.52. The van der Waals surface area contributed by atoms with Crippen molar-refractivity contribution in [3.05, 3.63) is 35.4 Å². The van der Waals surface area contributed by atoms with E-state index in [0.717, 1.165) is 5.56 Å². The van der Waals surface area contributed by atoms with Gasteiger partial charge in [0.25, 0.3) is 5.91 Å². The van der Waals surface area contributed by atoms with Gasteiger partial charge in [0.2, 0.25) is 0 Å². The van der Waals surface area contributed by atoms with Crippen LogP contribution in [0.1, 0.15) is 49.5 Å². The molecule has 0 aliphatic carbocycles. The van der Waals surface area contributed by atoms with Crippen molar-refractivity contribution in [1.29, 1.82) is 0 Å². The van der Waals surface area contributed by atoms with Gasteiger partial charge in [0.15, 0.2) is 0 Å². The number of rotatable bonds is 2. The van der Waals surface area contributed by atoms with E-state index in [1.165, 1.54) is 0 Å². The predicted molar refractivity (Wildman–Crippen MR) is 92.7 cm³/mol. The van der Waals surface area contributed by atoms with E-state index in [0.29, 0.717) is 31.5 Å². The highest BCUT2D eigenvalue weighted by Crippen LogP contribution is 2.16. The van der Waals surface area contributed by atoms with Crippen molar-refractivity contribution in [2.24, 2.45) is 0 Å². The molecule has 1 heterocycles. The molecule has 24 heavy (non-hydrogen) atoms. The van der Waals surface area contributed by atoms with Crippen molar-refractivity contribution in [1.82, 2.24) is 10.2 Å². The summed E-state index contributed by atoms with van der Waals surface area (Å²) < 4.78 is 5.37. The van der Waals surface area contributed by atoms with Crippen LogP contribution in [0.4, 0.5) is 4.79 Å². The zero-order chi connectivity index (χ0) is 17.7. The molecular formula is C19H24N2O3. The molecule has 128 valence electrons. The Morgan fingerprint density at radius 1 is 1.21 bits per heavy atom. The zero-order valence-corrected chi connectivity index (χ0v) is 14.5. The molecule has 0 unspecified atom stereocenters. The zero-order valence-electron chi connectivity index (χ0n) is 14.5. The lowest BCUT2D eigenvalue weighted by atomic mass is 10.0. The fourth-order valence-electron chi connectivity index (χ4n) is 2.52. The Morgan fingerprint density at radius 3 is 2.29 bits per heavy atom. The second kappa shape index (κ2) is 7.39. The second-order valence-corrected chi connectivity index (χ2v) is 6.94. The van der Waals surface area contributed by atoms with Gasteiger partial charge in [-0.25, -0.2) is 4.79 Å². The summed E-state index contributed by atoms with van der Waals surface area (Å²) in [5.74, 6) is 2.41. The maximum Gasteiger partial charge on any atom is 0.410 e. The number of hydrogen-bond acceptors (Lipinski definition) is 3. The largest absolute Gasteiger partial charge is 0.444 e. The molecule has 0 aromatic heterocycles. The first-order valence-electron chi connectivity index (χ1n) is 8.14. The number of piperidine rings is 1. The monoisotopic (exact) mass is 328 g/mol. The summed E-state index contributed by atoms with van der Waals surface area (Å²) in [6.45, 7) is 6.71. The molecule has 0 radical (unpaired) electrons. The number of nitrogens with zero attached hydrogens (tertiary/aromatic N) is 1. The molecule has 0 bridgehead atoms. The van der Waals surface area contributed by atoms with Crippen molar-refractivity contribution in [2.75, 3.05) is 13.1 Å². The molecule has 1 fully saturated rings. The quantitative estimate of drug-likeness (QED) is 0.849. The molecule has 1 aliphatic heterocycles. The highest BCUT2D eigenvalue weighted by Gasteiger charge is 2.27. The Morgan fingerprint density at radius 2 is 1.79 bits per heavy atom. The van der Waals surface area contributed by atoms with E-state index in [1.54, 1.807) is 29.2 Å². The van der Waals surface area contributed by atoms with Crippen molar-refractivity contribution >= 4 is 12.0 Å². The molecule has 1 saturated heterocycles. The predicted octanol–water partition coefficient (Wildman–Crippen LogP) is 2.80. The maximum absolute atomic E-state index is 12.2. The van der Waals surface area contributed by atoms with Crippen molar-refractivity contribution < 1.29 is 14.3 Å². The summed E-state index contributed by atoms with van der Waals surface area (Å²) in [6, 6.07) is 7.00. The standard InChI is InChI=1S/C19H24N2O3/c1-5-14-6-8-15(9-7-14)17(22)20-16-10-12-21(13-11-16)18(23)24-19(2,3)4/h1,6-9,16H,10-13H2,2-4H3,(H,20,22). The van der Waals surface area contributed by atoms with Crippen LogP contribution in [-0.4, -0.2) is 41.6 Å². The number of ether oxygens (including phenoxy) is 1. The molecule has 2 amide bonds. The Kier molecular flexibility index (Phi) is 5.50. The lowest BCUT2D eigenvalue weighted by molar-refractivity contribution is 0.0199. The lowest BCUT2D eigenvalue weighted by Gasteiger charge is -2.33. The van der Waals surface area contributed by atoms with E-state index < -0.39 is 5.60 Å². The van der Waals surface area contributed by atoms with Crippen LogP contribution in [0, 0.1) is 12.3 Å². The highest BCUT2D eigenvalue weighted by atomic mass is 16.6. The Balaban J connectivity index is 1.83. The van der Waals surface area contributed by atoms with Gasteiger partial charge >= 0.3 is 6.09 Å². The molecule has 1 aromatic rings. The smallest absolute Gasteiger partial charge is 0.410 e. The topological polar surface area (TPSA) is 58.6 Å². The van der Waals surface area contributed by atoms with Crippen molar-refractivity contribution in [3.8, 4) is 12.3 Å². The van der Waals surface area contributed by atoms with E-state index in [4.69, 9.17) is 11.2 Å². The van der Waals surface area contributed by atoms with E-state index in [2.05, 4.69) is 11.2 Å². The van der Waals surface area contributed by atoms with Gasteiger partial charge in [-0.2, -0.15) is 0 Å². The number of hydrogen-bond donors (Lipinski definition) is 1. The summed E-state index contributed by atoms with van der Waals surface area (Å²) in [7, 11) is 0. The first kappa shape index (κ1) is 17.9. The van der Waals surface area contributed by atoms with Crippen LogP contribution in [-0.2, 0) is 4.74 Å². The van der Waals surface area contributed by atoms with E-state index in [-0.39, 0.29) is 18.0 Å². The van der Waals surface area contributed by atoms with Gasteiger partial charge in [-0.15, -0.1) is 6.42 Å². The summed E-state index contributed by atoms with van der Waals surface area (Å²) in [4.78, 5) is 26.0. The maximum atomic E-state index is 12.2. The van der Waals surface area contributed by atoms with Crippen molar-refractivity contribution in [3.63, 3.8) is 0 Å². The first-order valence-corrected chi connectivity index (χ1v) is 8.14. The Bertz CT molecular complexity index is 630. The number of terminal acetylenes is 1. The van der Waals surface area contributed by atoms with E-state index in [1.807, 2.05) is 20.8 Å². The molecule has 1 N–H and O–H groups in total. The average molecular weight is 328 g/mol. The van der Waals surface area contributed by atoms with Gasteiger partial charge < -0.3 is 15.0 Å². The van der Waals surface area contributed by atoms with Crippen LogP contribution < -0.4 is 5.32 Å². The van der Waals surface area contributed by atoms with Gasteiger partial charge in [-0.3, -0.25) is 4.79 Å². The third-order valence-electron chi connectivity index (χ3n) is 3.80. The normalized spacial score (nSPS) is 15.5. The van der Waals surface area contributed by atoms with Gasteiger partial charge in [0.05, 0.1) is 0 Å². The van der Waals surface area contributed by atoms with Crippen LogP contribution >= 0.6 is 0 Å². The number of benzene rings is 1. The van der Waals surface area contributed by atoms with Crippen LogP contribution in [0.25, 0.3) is 0 Å². The van der Waals surface area contributed by atoms with Crippen LogP contribution in [0.3, 0.4) is 0 Å². The lowest BCUT2D eigenvalue weighted by Crippen LogP contribution is -2.47. The summed E-state index contributed by atoms with van der Waals surface area (Å²) in [6.07, 6.45) is 6.45. The number of amides is 2. The van der Waals surface area contributed by atoms with Gasteiger partial charge in [0.1, 0.15) is 5.60 Å². The summed E-state index contributed by atoms with van der Waals surface area (Å²) in [5, 5.41) is 3.01. The Hall–Kier alpha value is -2.48. The number of nitrogens with one attached hydrogen (secondary N) is 1. The molecular weight excluding hydrogens is 304 g/mol. The first-order chi connectivity index (χ1) is 11.3. The van der Waals surface area contributed by atoms with Crippen molar-refractivity contribution in [2.45, 2.75) is 45.3 Å². The molecule has 1 aliphatic rings. The van der Waals surface area contributed by atoms with Gasteiger partial charge in [-0.05, 0) is 57.9 Å². The average Bonchev–Trinajstić information content (AvgIpc) is 2.54. The highest BCUT2D eigenvalue weighted by molar-refractivity contribution is 5.94. The molecule has 1 aromatic carbocycles. The molecule has 0 atom stereocenters. The molecule has 2 rings (SSSR count). The SMILES string of the molecule is C#Cc1ccc(C(=O)NC2CCN(C(=O)OC(C)(C)C)CC2)cc1. The fraction of sp³-hybridized carbons (Fsp3) is 0.474. The molecule has 5 nitrogen and oxygen atoms in total. The minimum atomic E-state index is -0.493. The van der Waals surface area contributed by atoms with Gasteiger partial charge in [0, 0.05) is 30.3 Å². The number of carbonyl (C=O) groups excluding carboxylic acids is 2. The van der Waals surface area contributed by atoms with E-state index in [9.17, 15) is 9.59 Å². The van der Waals surface area contributed by atoms with Crippen LogP contribution in [0.5, 0.6) is 0 Å². The third-order valence-corrected chi connectivity index (χ3v) is 3.80. The summed E-state index contributed by atoms with van der Waals surface area (Å²) >= 11 is 0. The number of likely N-dealkylation sites (tertiary alicyclic amines) is 1. The molecule has 0 spiro atoms. The van der Waals surface area contributed by atoms with E-state index >= 15 is 0 Å². The summed E-state index contributed by atoms with van der Waals surface area (Å²) in [5.41, 5.74) is 0.841.